The van der Waals surface area contributed by atoms with Crippen LogP contribution in [0.15, 0.2) is 503 Å². The smallest absolute Gasteiger partial charge is 0.137 e. The Balaban J connectivity index is 0.000000145. The van der Waals surface area contributed by atoms with E-state index in [9.17, 15) is 0 Å². The van der Waals surface area contributed by atoms with Crippen molar-refractivity contribution in [3.8, 4) is 111 Å². The summed E-state index contributed by atoms with van der Waals surface area (Å²) in [6, 6.07) is 173. The quantitative estimate of drug-likeness (QED) is 0.104. The average molecular weight is 1750 g/mol. The molecule has 620 valence electrons. The number of furan rings is 3. The van der Waals surface area contributed by atoms with E-state index in [1.807, 2.05) is 72.8 Å². The van der Waals surface area contributed by atoms with Gasteiger partial charge >= 0.3 is 0 Å². The van der Waals surface area contributed by atoms with Gasteiger partial charge in [-0.15, -0.1) is 0 Å². The van der Waals surface area contributed by atoms with E-state index in [1.54, 1.807) is 0 Å². The highest BCUT2D eigenvalue weighted by atomic mass is 79.9. The highest BCUT2D eigenvalue weighted by molar-refractivity contribution is 9.10. The second-order valence-electron chi connectivity index (χ2n) is 32.2. The van der Waals surface area contributed by atoms with Crippen LogP contribution in [0.2, 0.25) is 0 Å². The molecule has 3 aromatic heterocycles. The lowest BCUT2D eigenvalue weighted by Gasteiger charge is -2.26. The largest absolute Gasteiger partial charge is 0.456 e. The van der Waals surface area contributed by atoms with E-state index < -0.39 is 0 Å². The van der Waals surface area contributed by atoms with E-state index in [1.165, 1.54) is 132 Å². The lowest BCUT2D eigenvalue weighted by atomic mass is 9.78. The third-order valence-corrected chi connectivity index (χ3v) is 24.9. The van der Waals surface area contributed by atoms with Gasteiger partial charge in [0.2, 0.25) is 0 Å². The molecule has 0 fully saturated rings. The molecule has 0 aliphatic heterocycles. The van der Waals surface area contributed by atoms with Crippen LogP contribution in [0.3, 0.4) is 0 Å². The first-order chi connectivity index (χ1) is 63.4. The molecular weight excluding hydrogens is 1660 g/mol. The minimum Gasteiger partial charge on any atom is -0.456 e. The van der Waals surface area contributed by atoms with Crippen LogP contribution in [0.5, 0.6) is 0 Å². The molecule has 1 N–H and O–H groups in total. The van der Waals surface area contributed by atoms with Crippen molar-refractivity contribution in [1.29, 1.82) is 0 Å². The topological polar surface area (TPSA) is 54.7 Å². The van der Waals surface area contributed by atoms with Gasteiger partial charge in [-0.1, -0.05) is 387 Å². The van der Waals surface area contributed by atoms with Gasteiger partial charge in [0.05, 0.1) is 0 Å². The normalized spacial score (nSPS) is 11.1. The van der Waals surface area contributed by atoms with Gasteiger partial charge in [0.25, 0.3) is 0 Å². The molecule has 0 bridgehead atoms. The van der Waals surface area contributed by atoms with E-state index in [4.69, 9.17) is 13.3 Å². The third kappa shape index (κ3) is 16.0. The zero-order valence-electron chi connectivity index (χ0n) is 70.4. The van der Waals surface area contributed by atoms with Crippen LogP contribution in [0.4, 0.5) is 28.4 Å². The first-order valence-corrected chi connectivity index (χ1v) is 44.1. The molecule has 3 heterocycles. The summed E-state index contributed by atoms with van der Waals surface area (Å²) < 4.78 is 19.6. The lowest BCUT2D eigenvalue weighted by molar-refractivity contribution is 0.668. The molecule has 0 radical (unpaired) electrons. The molecule has 1 atom stereocenters. The highest BCUT2D eigenvalue weighted by Crippen LogP contribution is 2.55. The number of halogens is 1. The molecule has 0 spiro atoms. The summed E-state index contributed by atoms with van der Waals surface area (Å²) in [6.45, 7) is 0. The summed E-state index contributed by atoms with van der Waals surface area (Å²) in [5.74, 6) is 0. The minimum absolute atomic E-state index is 0. The molecule has 0 aliphatic rings. The maximum Gasteiger partial charge on any atom is 0.137 e. The maximum atomic E-state index is 6.44. The number of anilines is 5. The molecular formula is C123H88BrN2O3P. The average Bonchev–Trinajstić information content (AvgIpc) is 0.948. The SMILES string of the molecule is Brc1ccc2c(c1)oc1ccccc12.C.P.c1ccc(-c2c(-c3ccccc3)c(-c3ccccc3)c3cc(-c4ccc(N(c5ccc6c(c5)oc5ccccc56)c5ccc6c(c5)oc5ccccc56)cc4)ccc3c2-c2ccccc2)cc1.c1ccc(Nc2ccc(-c3ccc4c(-c5ccccc5)c(-c5ccccc5)c(-c5ccccc5)c(-c5ccccc5)c4c3)cc2)cc1. The molecule has 0 aliphatic carbocycles. The van der Waals surface area contributed by atoms with Gasteiger partial charge in [0.15, 0.2) is 0 Å². The highest BCUT2D eigenvalue weighted by Gasteiger charge is 2.28. The first kappa shape index (κ1) is 82.3. The van der Waals surface area contributed by atoms with Gasteiger partial charge in [-0.05, 0) is 242 Å². The van der Waals surface area contributed by atoms with Crippen molar-refractivity contribution in [2.75, 3.05) is 10.2 Å². The van der Waals surface area contributed by atoms with Crippen molar-refractivity contribution in [1.82, 2.24) is 0 Å². The number of nitrogens with one attached hydrogen (secondary N) is 1. The van der Waals surface area contributed by atoms with E-state index in [-0.39, 0.29) is 17.3 Å². The maximum absolute atomic E-state index is 6.44. The molecule has 5 nitrogen and oxygen atoms in total. The molecule has 21 aromatic carbocycles. The monoisotopic (exact) mass is 1750 g/mol. The van der Waals surface area contributed by atoms with E-state index in [0.717, 1.165) is 99.1 Å². The fraction of sp³-hybridized carbons (Fsp3) is 0.00813. The molecule has 130 heavy (non-hydrogen) atoms. The van der Waals surface area contributed by atoms with Crippen LogP contribution < -0.4 is 10.2 Å². The van der Waals surface area contributed by atoms with E-state index >= 15 is 0 Å². The van der Waals surface area contributed by atoms with Crippen molar-refractivity contribution in [3.63, 3.8) is 0 Å². The summed E-state index contributed by atoms with van der Waals surface area (Å²) >= 11 is 3.43. The first-order valence-electron chi connectivity index (χ1n) is 43.3. The summed E-state index contributed by atoms with van der Waals surface area (Å²) in [5, 5.41) is 15.1. The fourth-order valence-electron chi connectivity index (χ4n) is 18.6. The van der Waals surface area contributed by atoms with Crippen LogP contribution in [0, 0.1) is 0 Å². The van der Waals surface area contributed by atoms with E-state index in [0.29, 0.717) is 0 Å². The van der Waals surface area contributed by atoms with E-state index in [2.05, 4.69) is 439 Å². The van der Waals surface area contributed by atoms with Gasteiger partial charge in [-0.3, -0.25) is 0 Å². The Morgan fingerprint density at radius 3 is 0.746 bits per heavy atom. The second-order valence-corrected chi connectivity index (χ2v) is 33.1. The lowest BCUT2D eigenvalue weighted by Crippen LogP contribution is -2.09. The second kappa shape index (κ2) is 36.6. The predicted molar refractivity (Wildman–Crippen MR) is 560 cm³/mol. The van der Waals surface area contributed by atoms with Crippen LogP contribution in [0.1, 0.15) is 7.43 Å². The Hall–Kier alpha value is -16.0. The Labute approximate surface area is 767 Å². The molecule has 24 rings (SSSR count). The number of hydrogen-bond acceptors (Lipinski definition) is 5. The van der Waals surface area contributed by atoms with Crippen LogP contribution in [0.25, 0.3) is 199 Å². The number of nitrogens with zero attached hydrogens (tertiary/aromatic N) is 1. The van der Waals surface area contributed by atoms with Crippen molar-refractivity contribution < 1.29 is 13.3 Å². The van der Waals surface area contributed by atoms with Gasteiger partial charge < -0.3 is 23.5 Å². The van der Waals surface area contributed by atoms with Crippen LogP contribution in [-0.2, 0) is 0 Å². The Bertz CT molecular complexity index is 8040. The van der Waals surface area contributed by atoms with Crippen molar-refractivity contribution >= 4 is 142 Å². The molecule has 0 amide bonds. The fourth-order valence-corrected chi connectivity index (χ4v) is 19.0. The Morgan fingerprint density at radius 1 is 0.169 bits per heavy atom. The molecule has 7 heteroatoms. The molecule has 24 aromatic rings. The number of fused-ring (bicyclic) bond motifs is 11. The summed E-state index contributed by atoms with van der Waals surface area (Å²) in [7, 11) is 0. The van der Waals surface area contributed by atoms with Crippen molar-refractivity contribution in [3.05, 3.63) is 490 Å². The minimum atomic E-state index is 0. The van der Waals surface area contributed by atoms with Crippen LogP contribution in [-0.4, -0.2) is 0 Å². The molecule has 1 unspecified atom stereocenters. The Kier molecular flexibility index (Phi) is 23.2. The van der Waals surface area contributed by atoms with Crippen LogP contribution >= 0.6 is 25.8 Å². The summed E-state index contributed by atoms with van der Waals surface area (Å²) in [5.41, 5.74) is 34.5. The number of benzene rings is 21. The van der Waals surface area contributed by atoms with Gasteiger partial charge in [-0.25, -0.2) is 0 Å². The third-order valence-electron chi connectivity index (χ3n) is 24.4. The Morgan fingerprint density at radius 2 is 0.408 bits per heavy atom. The van der Waals surface area contributed by atoms with Gasteiger partial charge in [-0.2, -0.15) is 9.90 Å². The zero-order chi connectivity index (χ0) is 85.2. The summed E-state index contributed by atoms with van der Waals surface area (Å²) in [4.78, 5) is 2.29. The summed E-state index contributed by atoms with van der Waals surface area (Å²) in [6.07, 6.45) is 0. The standard InChI is InChI=1S/C64H41NO2.C46H33N.C12H7BrO.CH4.H3P/c1-5-17-43(18-6-1)61-55-36-31-47(39-56(55)62(44-19-7-2-8-20-44)64(46-23-11-4-12-24-46)63(61)45-21-9-3-10-22-45)42-29-32-48(33-30-42)65(49-34-37-53-51-25-13-15-27-57(51)66-59(53)40-49)50-35-38-54-52-26-14-16-28-58(52)67-60(54)41-50;1-6-16-34(17-7-1)43-41-31-28-38(33-26-29-40(30-27-33)47-39-24-14-5-15-25-39)32-42(41)44(35-18-8-2-9-19-35)46(37-22-12-4-13-23-37)45(43)36-20-10-3-11-21-36;13-8-5-6-10-9-3-1-2-4-11(9)14-12(10)7-8;;/h1-41H;1-32,47H;1-7H;1H4;1H3. The van der Waals surface area contributed by atoms with Gasteiger partial charge in [0, 0.05) is 77.4 Å². The molecule has 0 saturated carbocycles. The zero-order valence-corrected chi connectivity index (χ0v) is 73.4. The van der Waals surface area contributed by atoms with Crippen molar-refractivity contribution in [2.24, 2.45) is 0 Å². The molecule has 0 saturated heterocycles. The number of hydrogen-bond donors (Lipinski definition) is 1. The predicted octanol–water partition coefficient (Wildman–Crippen LogP) is 36.4. The number of rotatable bonds is 15. The van der Waals surface area contributed by atoms with Crippen molar-refractivity contribution in [2.45, 2.75) is 7.43 Å². The van der Waals surface area contributed by atoms with Gasteiger partial charge in [0.1, 0.15) is 33.5 Å². The number of para-hydroxylation sites is 4.